The Hall–Kier alpha value is -0.120. The van der Waals surface area contributed by atoms with Crippen LogP contribution >= 0.6 is 0 Å². The molecule has 2 rings (SSSR count). The maximum atomic E-state index is 5.82. The molecule has 0 radical (unpaired) electrons. The molecule has 0 aromatic heterocycles. The molecular formula is C16H32N2O. The number of nitrogens with one attached hydrogen (secondary N) is 1. The van der Waals surface area contributed by atoms with Gasteiger partial charge in [-0.05, 0) is 52.1 Å². The van der Waals surface area contributed by atoms with Crippen LogP contribution in [-0.4, -0.2) is 50.3 Å². The van der Waals surface area contributed by atoms with Crippen LogP contribution in [0.1, 0.15) is 51.9 Å². The molecule has 3 atom stereocenters. The van der Waals surface area contributed by atoms with Gasteiger partial charge in [0.05, 0.1) is 6.10 Å². The molecule has 1 aliphatic heterocycles. The van der Waals surface area contributed by atoms with E-state index in [1.54, 1.807) is 0 Å². The molecule has 0 aromatic carbocycles. The van der Waals surface area contributed by atoms with Crippen molar-refractivity contribution in [2.75, 3.05) is 33.3 Å². The smallest absolute Gasteiger partial charge is 0.0702 e. The van der Waals surface area contributed by atoms with E-state index in [9.17, 15) is 0 Å². The molecule has 112 valence electrons. The largest absolute Gasteiger partial charge is 0.377 e. The van der Waals surface area contributed by atoms with E-state index in [0.717, 1.165) is 25.1 Å². The van der Waals surface area contributed by atoms with Gasteiger partial charge in [0.2, 0.25) is 0 Å². The monoisotopic (exact) mass is 268 g/mol. The van der Waals surface area contributed by atoms with Gasteiger partial charge in [0, 0.05) is 25.7 Å². The molecule has 2 aliphatic rings. The number of ether oxygens (including phenoxy) is 1. The number of nitrogens with zero attached hydrogens (tertiary/aromatic N) is 1. The summed E-state index contributed by atoms with van der Waals surface area (Å²) in [7, 11) is 2.14. The third kappa shape index (κ3) is 4.73. The minimum atomic E-state index is 0.484. The van der Waals surface area contributed by atoms with Crippen molar-refractivity contribution >= 4 is 0 Å². The lowest BCUT2D eigenvalue weighted by Crippen LogP contribution is -2.46. The summed E-state index contributed by atoms with van der Waals surface area (Å²) in [6.07, 6.45) is 10.1. The summed E-state index contributed by atoms with van der Waals surface area (Å²) >= 11 is 0. The van der Waals surface area contributed by atoms with E-state index in [1.807, 2.05) is 0 Å². The Morgan fingerprint density at radius 1 is 1.11 bits per heavy atom. The first-order chi connectivity index (χ1) is 9.33. The van der Waals surface area contributed by atoms with Crippen molar-refractivity contribution in [2.45, 2.75) is 64.0 Å². The van der Waals surface area contributed by atoms with Crippen LogP contribution in [0.4, 0.5) is 0 Å². The first-order valence-electron chi connectivity index (χ1n) is 8.34. The molecule has 3 unspecified atom stereocenters. The quantitative estimate of drug-likeness (QED) is 0.776. The third-order valence-electron chi connectivity index (χ3n) is 4.89. The Kier molecular flexibility index (Phi) is 6.62. The average molecular weight is 268 g/mol. The molecule has 0 aromatic rings. The lowest BCUT2D eigenvalue weighted by molar-refractivity contribution is -0.0000227. The summed E-state index contributed by atoms with van der Waals surface area (Å²) in [5, 5.41) is 3.56. The zero-order valence-corrected chi connectivity index (χ0v) is 12.9. The van der Waals surface area contributed by atoms with Crippen LogP contribution in [0, 0.1) is 5.92 Å². The van der Waals surface area contributed by atoms with E-state index in [0.29, 0.717) is 6.10 Å². The van der Waals surface area contributed by atoms with Crippen molar-refractivity contribution in [3.63, 3.8) is 0 Å². The van der Waals surface area contributed by atoms with Gasteiger partial charge in [-0.2, -0.15) is 0 Å². The highest BCUT2D eigenvalue weighted by Crippen LogP contribution is 2.25. The molecular weight excluding hydrogens is 236 g/mol. The molecule has 1 heterocycles. The molecule has 1 saturated heterocycles. The van der Waals surface area contributed by atoms with Crippen molar-refractivity contribution in [3.05, 3.63) is 0 Å². The molecule has 2 fully saturated rings. The number of piperidine rings is 1. The summed E-state index contributed by atoms with van der Waals surface area (Å²) in [4.78, 5) is 2.66. The van der Waals surface area contributed by atoms with Gasteiger partial charge in [-0.25, -0.2) is 0 Å². The molecule has 0 amide bonds. The average Bonchev–Trinajstić information content (AvgIpc) is 2.64. The zero-order chi connectivity index (χ0) is 13.5. The Morgan fingerprint density at radius 3 is 2.74 bits per heavy atom. The van der Waals surface area contributed by atoms with E-state index in [1.165, 1.54) is 58.0 Å². The van der Waals surface area contributed by atoms with Gasteiger partial charge in [-0.1, -0.05) is 19.3 Å². The summed E-state index contributed by atoms with van der Waals surface area (Å²) in [6.45, 7) is 6.68. The van der Waals surface area contributed by atoms with Crippen LogP contribution < -0.4 is 5.32 Å². The molecule has 0 spiro atoms. The summed E-state index contributed by atoms with van der Waals surface area (Å²) < 4.78 is 5.82. The molecule has 0 bridgehead atoms. The van der Waals surface area contributed by atoms with Gasteiger partial charge in [0.25, 0.3) is 0 Å². The fraction of sp³-hybridized carbons (Fsp3) is 1.00. The highest BCUT2D eigenvalue weighted by Gasteiger charge is 2.27. The maximum Gasteiger partial charge on any atom is 0.0702 e. The zero-order valence-electron chi connectivity index (χ0n) is 12.9. The van der Waals surface area contributed by atoms with Gasteiger partial charge in [-0.15, -0.1) is 0 Å². The fourth-order valence-corrected chi connectivity index (χ4v) is 3.87. The summed E-state index contributed by atoms with van der Waals surface area (Å²) in [5.74, 6) is 0.841. The highest BCUT2D eigenvalue weighted by atomic mass is 16.5. The third-order valence-corrected chi connectivity index (χ3v) is 4.89. The first-order valence-corrected chi connectivity index (χ1v) is 8.34. The number of likely N-dealkylation sites (tertiary alicyclic amines) is 1. The van der Waals surface area contributed by atoms with Crippen molar-refractivity contribution in [1.82, 2.24) is 10.2 Å². The topological polar surface area (TPSA) is 24.5 Å². The molecule has 3 nitrogen and oxygen atoms in total. The van der Waals surface area contributed by atoms with E-state index in [-0.39, 0.29) is 0 Å². The number of hydrogen-bond donors (Lipinski definition) is 1. The predicted molar refractivity (Wildman–Crippen MR) is 80.5 cm³/mol. The van der Waals surface area contributed by atoms with Gasteiger partial charge in [-0.3, -0.25) is 0 Å². The lowest BCUT2D eigenvalue weighted by Gasteiger charge is -2.36. The van der Waals surface area contributed by atoms with Gasteiger partial charge in [0.1, 0.15) is 0 Å². The minimum absolute atomic E-state index is 0.484. The lowest BCUT2D eigenvalue weighted by atomic mass is 9.93. The summed E-state index contributed by atoms with van der Waals surface area (Å²) in [5.41, 5.74) is 0. The van der Waals surface area contributed by atoms with Gasteiger partial charge >= 0.3 is 0 Å². The van der Waals surface area contributed by atoms with Crippen molar-refractivity contribution in [2.24, 2.45) is 5.92 Å². The van der Waals surface area contributed by atoms with E-state index in [2.05, 4.69) is 24.2 Å². The van der Waals surface area contributed by atoms with Gasteiger partial charge < -0.3 is 15.0 Å². The van der Waals surface area contributed by atoms with Crippen LogP contribution in [0.15, 0.2) is 0 Å². The normalized spacial score (nSPS) is 34.1. The Morgan fingerprint density at radius 2 is 1.95 bits per heavy atom. The molecule has 1 N–H and O–H groups in total. The molecule has 1 saturated carbocycles. The van der Waals surface area contributed by atoms with E-state index in [4.69, 9.17) is 4.74 Å². The molecule has 1 aliphatic carbocycles. The maximum absolute atomic E-state index is 5.82. The second kappa shape index (κ2) is 8.23. The second-order valence-electron chi connectivity index (χ2n) is 6.27. The first kappa shape index (κ1) is 15.3. The number of rotatable bonds is 5. The van der Waals surface area contributed by atoms with E-state index < -0.39 is 0 Å². The Labute approximate surface area is 119 Å². The van der Waals surface area contributed by atoms with Crippen LogP contribution in [0.5, 0.6) is 0 Å². The van der Waals surface area contributed by atoms with Crippen LogP contribution in [0.3, 0.4) is 0 Å². The van der Waals surface area contributed by atoms with E-state index >= 15 is 0 Å². The van der Waals surface area contributed by atoms with Crippen molar-refractivity contribution in [3.8, 4) is 0 Å². The molecule has 3 heteroatoms. The van der Waals surface area contributed by atoms with Crippen LogP contribution in [-0.2, 0) is 4.74 Å². The standard InChI is InChI=1S/C16H32N2O/c1-3-19-15-9-7-11-18(13-15)12-14-8-5-4-6-10-16(14)17-2/h14-17H,3-13H2,1-2H3. The van der Waals surface area contributed by atoms with Gasteiger partial charge in [0.15, 0.2) is 0 Å². The van der Waals surface area contributed by atoms with Crippen molar-refractivity contribution < 1.29 is 4.74 Å². The second-order valence-corrected chi connectivity index (χ2v) is 6.27. The minimum Gasteiger partial charge on any atom is -0.377 e. The Balaban J connectivity index is 1.83. The predicted octanol–water partition coefficient (Wildman–Crippen LogP) is 2.66. The van der Waals surface area contributed by atoms with Crippen LogP contribution in [0.25, 0.3) is 0 Å². The fourth-order valence-electron chi connectivity index (χ4n) is 3.87. The number of hydrogen-bond acceptors (Lipinski definition) is 3. The highest BCUT2D eigenvalue weighted by molar-refractivity contribution is 4.83. The van der Waals surface area contributed by atoms with Crippen LogP contribution in [0.2, 0.25) is 0 Å². The summed E-state index contributed by atoms with van der Waals surface area (Å²) in [6, 6.07) is 0.731. The van der Waals surface area contributed by atoms with Crippen molar-refractivity contribution in [1.29, 1.82) is 0 Å². The molecule has 19 heavy (non-hydrogen) atoms. The SMILES string of the molecule is CCOC1CCCN(CC2CCCCCC2NC)C1. The Bertz CT molecular complexity index is 245.